The fourth-order valence-electron chi connectivity index (χ4n) is 1.33. The quantitative estimate of drug-likeness (QED) is 0.830. The third-order valence-corrected chi connectivity index (χ3v) is 2.99. The summed E-state index contributed by atoms with van der Waals surface area (Å²) < 4.78 is 0. The molecule has 84 valence electrons. The maximum atomic E-state index is 11.6. The molecule has 2 rings (SSSR count). The Labute approximate surface area is 98.5 Å². The Bertz CT molecular complexity index is 391. The second kappa shape index (κ2) is 5.55. The molecule has 4 nitrogen and oxygen atoms in total. The zero-order valence-electron chi connectivity index (χ0n) is 8.77. The van der Waals surface area contributed by atoms with Gasteiger partial charge in [-0.15, -0.1) is 0 Å². The lowest BCUT2D eigenvalue weighted by Gasteiger charge is -2.04. The van der Waals surface area contributed by atoms with Crippen molar-refractivity contribution in [2.75, 3.05) is 24.2 Å². The summed E-state index contributed by atoms with van der Waals surface area (Å²) in [6.07, 6.45) is 0. The van der Waals surface area contributed by atoms with Gasteiger partial charge < -0.3 is 10.6 Å². The SMILES string of the molecule is O=C(CSC1=NCCN1)Nc1ccccc1. The van der Waals surface area contributed by atoms with Crippen LogP contribution < -0.4 is 10.6 Å². The number of carbonyl (C=O) groups is 1. The van der Waals surface area contributed by atoms with Crippen molar-refractivity contribution >= 4 is 28.5 Å². The fourth-order valence-corrected chi connectivity index (χ4v) is 2.05. The molecule has 0 radical (unpaired) electrons. The maximum absolute atomic E-state index is 11.6. The van der Waals surface area contributed by atoms with Gasteiger partial charge in [-0.1, -0.05) is 30.0 Å². The number of nitrogens with one attached hydrogen (secondary N) is 2. The standard InChI is InChI=1S/C11H13N3OS/c15-10(8-16-11-12-6-7-13-11)14-9-4-2-1-3-5-9/h1-5H,6-8H2,(H,12,13)(H,14,15). The highest BCUT2D eigenvalue weighted by atomic mass is 32.2. The number of hydrogen-bond acceptors (Lipinski definition) is 4. The minimum Gasteiger partial charge on any atom is -0.363 e. The predicted octanol–water partition coefficient (Wildman–Crippen LogP) is 1.32. The molecule has 0 spiro atoms. The molecule has 1 heterocycles. The molecule has 0 atom stereocenters. The summed E-state index contributed by atoms with van der Waals surface area (Å²) in [6.45, 7) is 1.69. The summed E-state index contributed by atoms with van der Waals surface area (Å²) in [5.41, 5.74) is 0.828. The maximum Gasteiger partial charge on any atom is 0.234 e. The second-order valence-corrected chi connectivity index (χ2v) is 4.28. The van der Waals surface area contributed by atoms with E-state index in [1.165, 1.54) is 11.8 Å². The second-order valence-electron chi connectivity index (χ2n) is 3.32. The topological polar surface area (TPSA) is 53.5 Å². The molecule has 1 aliphatic heterocycles. The van der Waals surface area contributed by atoms with E-state index in [1.807, 2.05) is 30.3 Å². The lowest BCUT2D eigenvalue weighted by Crippen LogP contribution is -2.20. The molecule has 1 aromatic rings. The molecule has 0 fully saturated rings. The largest absolute Gasteiger partial charge is 0.363 e. The number of nitrogens with zero attached hydrogens (tertiary/aromatic N) is 1. The van der Waals surface area contributed by atoms with Crippen LogP contribution in [0.4, 0.5) is 5.69 Å². The van der Waals surface area contributed by atoms with Crippen LogP contribution in [-0.2, 0) is 4.79 Å². The van der Waals surface area contributed by atoms with Crippen molar-refractivity contribution in [2.45, 2.75) is 0 Å². The van der Waals surface area contributed by atoms with Gasteiger partial charge in [0.15, 0.2) is 5.17 Å². The molecule has 0 saturated carbocycles. The predicted molar refractivity (Wildman–Crippen MR) is 67.8 cm³/mol. The number of aliphatic imine (C=N–C) groups is 1. The third-order valence-electron chi connectivity index (χ3n) is 2.04. The van der Waals surface area contributed by atoms with Crippen molar-refractivity contribution in [1.82, 2.24) is 5.32 Å². The third kappa shape index (κ3) is 3.27. The average molecular weight is 235 g/mol. The number of rotatable bonds is 3. The van der Waals surface area contributed by atoms with Gasteiger partial charge in [0.25, 0.3) is 0 Å². The van der Waals surface area contributed by atoms with E-state index in [-0.39, 0.29) is 5.91 Å². The Morgan fingerprint density at radius 2 is 2.25 bits per heavy atom. The van der Waals surface area contributed by atoms with Gasteiger partial charge in [0.05, 0.1) is 12.3 Å². The summed E-state index contributed by atoms with van der Waals surface area (Å²) in [6, 6.07) is 9.44. The fraction of sp³-hybridized carbons (Fsp3) is 0.273. The molecule has 1 aromatic carbocycles. The summed E-state index contributed by atoms with van der Waals surface area (Å²) in [7, 11) is 0. The smallest absolute Gasteiger partial charge is 0.234 e. The number of amidine groups is 1. The minimum absolute atomic E-state index is 0.00685. The first-order valence-corrected chi connectivity index (χ1v) is 6.09. The van der Waals surface area contributed by atoms with Crippen LogP contribution in [0.15, 0.2) is 35.3 Å². The van der Waals surface area contributed by atoms with E-state index in [0.29, 0.717) is 5.75 Å². The molecular formula is C11H13N3OS. The van der Waals surface area contributed by atoms with Crippen molar-refractivity contribution in [3.05, 3.63) is 30.3 Å². The highest BCUT2D eigenvalue weighted by Crippen LogP contribution is 2.08. The summed E-state index contributed by atoms with van der Waals surface area (Å²) >= 11 is 1.44. The Kier molecular flexibility index (Phi) is 3.82. The van der Waals surface area contributed by atoms with E-state index >= 15 is 0 Å². The average Bonchev–Trinajstić information content (AvgIpc) is 2.81. The van der Waals surface area contributed by atoms with Gasteiger partial charge in [0, 0.05) is 12.2 Å². The summed E-state index contributed by atoms with van der Waals surface area (Å²) in [5.74, 6) is 0.383. The number of carbonyl (C=O) groups excluding carboxylic acids is 1. The van der Waals surface area contributed by atoms with Gasteiger partial charge in [0.1, 0.15) is 0 Å². The molecule has 2 N–H and O–H groups in total. The van der Waals surface area contributed by atoms with Gasteiger partial charge in [-0.2, -0.15) is 0 Å². The molecule has 1 amide bonds. The molecular weight excluding hydrogens is 222 g/mol. The lowest BCUT2D eigenvalue weighted by molar-refractivity contribution is -0.113. The van der Waals surface area contributed by atoms with Crippen molar-refractivity contribution < 1.29 is 4.79 Å². The molecule has 16 heavy (non-hydrogen) atoms. The number of hydrogen-bond donors (Lipinski definition) is 2. The number of benzene rings is 1. The summed E-state index contributed by atoms with van der Waals surface area (Å²) in [5, 5.41) is 6.80. The van der Waals surface area contributed by atoms with Gasteiger partial charge >= 0.3 is 0 Å². The van der Waals surface area contributed by atoms with Crippen LogP contribution in [0.5, 0.6) is 0 Å². The van der Waals surface area contributed by atoms with Crippen LogP contribution in [0.25, 0.3) is 0 Å². The molecule has 0 bridgehead atoms. The van der Waals surface area contributed by atoms with Crippen LogP contribution in [0.3, 0.4) is 0 Å². The Balaban J connectivity index is 1.76. The van der Waals surface area contributed by atoms with Gasteiger partial charge in [-0.05, 0) is 12.1 Å². The number of amides is 1. The highest BCUT2D eigenvalue weighted by Gasteiger charge is 2.08. The lowest BCUT2D eigenvalue weighted by atomic mass is 10.3. The van der Waals surface area contributed by atoms with Crippen molar-refractivity contribution in [1.29, 1.82) is 0 Å². The molecule has 0 unspecified atom stereocenters. The first kappa shape index (κ1) is 11.0. The van der Waals surface area contributed by atoms with Crippen LogP contribution in [0.1, 0.15) is 0 Å². The number of anilines is 1. The van der Waals surface area contributed by atoms with Gasteiger partial charge in [-0.25, -0.2) is 0 Å². The number of para-hydroxylation sites is 1. The van der Waals surface area contributed by atoms with E-state index in [4.69, 9.17) is 0 Å². The van der Waals surface area contributed by atoms with Crippen LogP contribution in [0.2, 0.25) is 0 Å². The molecule has 0 aromatic heterocycles. The van der Waals surface area contributed by atoms with Gasteiger partial charge in [0.2, 0.25) is 5.91 Å². The van der Waals surface area contributed by atoms with Gasteiger partial charge in [-0.3, -0.25) is 9.79 Å². The minimum atomic E-state index is -0.00685. The van der Waals surface area contributed by atoms with E-state index < -0.39 is 0 Å². The van der Waals surface area contributed by atoms with Crippen molar-refractivity contribution in [3.63, 3.8) is 0 Å². The van der Waals surface area contributed by atoms with Crippen LogP contribution in [0, 0.1) is 0 Å². The number of thioether (sulfide) groups is 1. The molecule has 1 aliphatic rings. The Hall–Kier alpha value is -1.49. The van der Waals surface area contributed by atoms with E-state index in [1.54, 1.807) is 0 Å². The van der Waals surface area contributed by atoms with Crippen molar-refractivity contribution in [2.24, 2.45) is 4.99 Å². The van der Waals surface area contributed by atoms with Crippen LogP contribution in [-0.4, -0.2) is 29.9 Å². The highest BCUT2D eigenvalue weighted by molar-refractivity contribution is 8.14. The first-order chi connectivity index (χ1) is 7.84. The monoisotopic (exact) mass is 235 g/mol. The van der Waals surface area contributed by atoms with E-state index in [2.05, 4.69) is 15.6 Å². The normalized spacial score (nSPS) is 14.1. The van der Waals surface area contributed by atoms with E-state index in [0.717, 1.165) is 23.9 Å². The van der Waals surface area contributed by atoms with Crippen molar-refractivity contribution in [3.8, 4) is 0 Å². The van der Waals surface area contributed by atoms with Crippen LogP contribution >= 0.6 is 11.8 Å². The molecule has 5 heteroatoms. The zero-order valence-corrected chi connectivity index (χ0v) is 9.59. The Morgan fingerprint density at radius 1 is 1.44 bits per heavy atom. The Morgan fingerprint density at radius 3 is 2.94 bits per heavy atom. The molecule has 0 saturated heterocycles. The van der Waals surface area contributed by atoms with E-state index in [9.17, 15) is 4.79 Å². The summed E-state index contributed by atoms with van der Waals surface area (Å²) in [4.78, 5) is 15.8. The first-order valence-electron chi connectivity index (χ1n) is 5.10. The zero-order chi connectivity index (χ0) is 11.2. The molecule has 0 aliphatic carbocycles.